The molecule has 2 rings (SSSR count). The Kier molecular flexibility index (Phi) is 1.53. The van der Waals surface area contributed by atoms with Gasteiger partial charge in [-0.2, -0.15) is 0 Å². The molecular formula is C7H8NOSi+. The van der Waals surface area contributed by atoms with Crippen LogP contribution in [-0.4, -0.2) is 16.5 Å². The number of fused-ring (bicyclic) bond motifs is 1. The molecule has 1 aliphatic rings. The Labute approximate surface area is 62.5 Å². The number of aromatic nitrogens is 1. The van der Waals surface area contributed by atoms with E-state index in [9.17, 15) is 0 Å². The lowest BCUT2D eigenvalue weighted by Crippen LogP contribution is -2.48. The monoisotopic (exact) mass is 150 g/mol. The van der Waals surface area contributed by atoms with Crippen molar-refractivity contribution >= 4 is 9.92 Å². The summed E-state index contributed by atoms with van der Waals surface area (Å²) >= 11 is 0. The van der Waals surface area contributed by atoms with Gasteiger partial charge in [0.15, 0.2) is 5.69 Å². The summed E-state index contributed by atoms with van der Waals surface area (Å²) in [5.74, 6) is 0. The zero-order valence-electron chi connectivity index (χ0n) is 5.58. The smallest absolute Gasteiger partial charge is 0.356 e. The largest absolute Gasteiger partial charge is 0.705 e. The molecule has 0 aromatic carbocycles. The van der Waals surface area contributed by atoms with Gasteiger partial charge in [0, 0.05) is 18.7 Å². The Balaban J connectivity index is 2.41. The van der Waals surface area contributed by atoms with Gasteiger partial charge in [-0.05, 0) is 0 Å². The molecule has 0 aliphatic carbocycles. The molecule has 0 saturated carbocycles. The lowest BCUT2D eigenvalue weighted by atomic mass is 10.3. The second kappa shape index (κ2) is 2.52. The molecule has 0 fully saturated rings. The first kappa shape index (κ1) is 6.06. The first-order chi connectivity index (χ1) is 4.97. The first-order valence-electron chi connectivity index (χ1n) is 3.34. The van der Waals surface area contributed by atoms with Gasteiger partial charge >= 0.3 is 9.92 Å². The number of rotatable bonds is 0. The van der Waals surface area contributed by atoms with Crippen LogP contribution in [0.1, 0.15) is 5.69 Å². The van der Waals surface area contributed by atoms with Crippen LogP contribution in [0.4, 0.5) is 0 Å². The molecule has 1 aromatic rings. The molecule has 2 radical (unpaired) electrons. The Morgan fingerprint density at radius 3 is 3.40 bits per heavy atom. The molecule has 50 valence electrons. The summed E-state index contributed by atoms with van der Waals surface area (Å²) in [6.45, 7) is 0.877. The maximum absolute atomic E-state index is 5.29. The van der Waals surface area contributed by atoms with Gasteiger partial charge in [-0.25, -0.2) is 4.23 Å². The van der Waals surface area contributed by atoms with Gasteiger partial charge in [-0.15, -0.1) is 0 Å². The Morgan fingerprint density at radius 1 is 1.50 bits per heavy atom. The summed E-state index contributed by atoms with van der Waals surface area (Å²) in [5.41, 5.74) is 1.38. The van der Waals surface area contributed by atoms with Crippen molar-refractivity contribution in [1.29, 1.82) is 0 Å². The molecule has 0 spiro atoms. The maximum Gasteiger partial charge on any atom is 0.705 e. The molecule has 1 aromatic heterocycles. The topological polar surface area (TPSA) is 13.1 Å². The highest BCUT2D eigenvalue weighted by Gasteiger charge is 2.19. The highest BCUT2D eigenvalue weighted by atomic mass is 28.2. The lowest BCUT2D eigenvalue weighted by Gasteiger charge is -2.06. The quantitative estimate of drug-likeness (QED) is 0.472. The molecule has 2 heterocycles. The molecule has 3 heteroatoms. The van der Waals surface area contributed by atoms with E-state index in [0.717, 1.165) is 13.0 Å². The molecule has 10 heavy (non-hydrogen) atoms. The minimum absolute atomic E-state index is 0.489. The van der Waals surface area contributed by atoms with Crippen LogP contribution in [0.5, 0.6) is 0 Å². The highest BCUT2D eigenvalue weighted by molar-refractivity contribution is 6.15. The predicted molar refractivity (Wildman–Crippen MR) is 37.4 cm³/mol. The summed E-state index contributed by atoms with van der Waals surface area (Å²) < 4.78 is 7.44. The lowest BCUT2D eigenvalue weighted by molar-refractivity contribution is -0.556. The van der Waals surface area contributed by atoms with Gasteiger partial charge in [0.05, 0.1) is 6.42 Å². The standard InChI is InChI=1S/C7H8NOSi/c1-2-5-8-7(3-1)4-6-9-10-8/h1-3,5H,4,6H2/q+1. The first-order valence-corrected chi connectivity index (χ1v) is 4.20. The van der Waals surface area contributed by atoms with Crippen LogP contribution in [-0.2, 0) is 10.8 Å². The zero-order valence-corrected chi connectivity index (χ0v) is 6.58. The van der Waals surface area contributed by atoms with E-state index in [2.05, 4.69) is 22.6 Å². The van der Waals surface area contributed by atoms with Gasteiger partial charge < -0.3 is 4.43 Å². The van der Waals surface area contributed by atoms with Crippen LogP contribution in [0.25, 0.3) is 0 Å². The maximum atomic E-state index is 5.29. The third kappa shape index (κ3) is 0.977. The molecule has 0 atom stereocenters. The molecule has 0 N–H and O–H groups in total. The van der Waals surface area contributed by atoms with Crippen molar-refractivity contribution in [1.82, 2.24) is 0 Å². The molecule has 0 bridgehead atoms. The molecule has 1 aliphatic heterocycles. The van der Waals surface area contributed by atoms with Crippen molar-refractivity contribution in [2.75, 3.05) is 6.61 Å². The number of hydrogen-bond donors (Lipinski definition) is 0. The van der Waals surface area contributed by atoms with Crippen molar-refractivity contribution in [3.63, 3.8) is 0 Å². The predicted octanol–water partition coefficient (Wildman–Crippen LogP) is -0.0709. The fraction of sp³-hybridized carbons (Fsp3) is 0.286. The summed E-state index contributed by atoms with van der Waals surface area (Å²) in [6.07, 6.45) is 3.11. The van der Waals surface area contributed by atoms with Gasteiger partial charge in [0.2, 0.25) is 0 Å². The van der Waals surface area contributed by atoms with Crippen LogP contribution >= 0.6 is 0 Å². The fourth-order valence-corrected chi connectivity index (χ4v) is 1.83. The minimum Gasteiger partial charge on any atom is -0.356 e. The van der Waals surface area contributed by atoms with Crippen LogP contribution in [0.2, 0.25) is 0 Å². The van der Waals surface area contributed by atoms with Gasteiger partial charge in [0.25, 0.3) is 0 Å². The molecule has 0 unspecified atom stereocenters. The van der Waals surface area contributed by atoms with E-state index in [1.165, 1.54) is 5.69 Å². The van der Waals surface area contributed by atoms with Crippen molar-refractivity contribution < 1.29 is 8.66 Å². The molecular weight excluding hydrogens is 142 g/mol. The van der Waals surface area contributed by atoms with Crippen LogP contribution in [0, 0.1) is 0 Å². The molecule has 0 amide bonds. The van der Waals surface area contributed by atoms with E-state index >= 15 is 0 Å². The van der Waals surface area contributed by atoms with Crippen molar-refractivity contribution in [3.05, 3.63) is 30.1 Å². The van der Waals surface area contributed by atoms with Crippen LogP contribution in [0.15, 0.2) is 24.4 Å². The second-order valence-electron chi connectivity index (χ2n) is 2.25. The second-order valence-corrected chi connectivity index (χ2v) is 3.20. The Bertz CT molecular complexity index is 214. The van der Waals surface area contributed by atoms with Crippen molar-refractivity contribution in [3.8, 4) is 0 Å². The summed E-state index contributed by atoms with van der Waals surface area (Å²) in [7, 11) is 0.489. The summed E-state index contributed by atoms with van der Waals surface area (Å²) in [6, 6.07) is 6.25. The minimum atomic E-state index is 0.489. The third-order valence-corrected chi connectivity index (χ3v) is 2.53. The normalized spacial score (nSPS) is 16.4. The van der Waals surface area contributed by atoms with Gasteiger partial charge in [-0.1, -0.05) is 6.07 Å². The summed E-state index contributed by atoms with van der Waals surface area (Å²) in [4.78, 5) is 0. The Morgan fingerprint density at radius 2 is 2.50 bits per heavy atom. The van der Waals surface area contributed by atoms with Crippen LogP contribution in [0.3, 0.4) is 0 Å². The van der Waals surface area contributed by atoms with E-state index in [4.69, 9.17) is 4.43 Å². The summed E-state index contributed by atoms with van der Waals surface area (Å²) in [5, 5.41) is 0. The third-order valence-electron chi connectivity index (χ3n) is 1.57. The van der Waals surface area contributed by atoms with Crippen LogP contribution < -0.4 is 4.23 Å². The van der Waals surface area contributed by atoms with Gasteiger partial charge in [-0.3, -0.25) is 0 Å². The number of hydrogen-bond acceptors (Lipinski definition) is 1. The van der Waals surface area contributed by atoms with E-state index in [0.29, 0.717) is 9.92 Å². The van der Waals surface area contributed by atoms with E-state index in [-0.39, 0.29) is 0 Å². The van der Waals surface area contributed by atoms with E-state index in [1.807, 2.05) is 6.07 Å². The average Bonchev–Trinajstić information content (AvgIpc) is 2.05. The highest BCUT2D eigenvalue weighted by Crippen LogP contribution is 1.96. The van der Waals surface area contributed by atoms with Gasteiger partial charge in [0.1, 0.15) is 6.20 Å². The Hall–Kier alpha value is -0.673. The van der Waals surface area contributed by atoms with Crippen molar-refractivity contribution in [2.45, 2.75) is 6.42 Å². The molecule has 0 saturated heterocycles. The van der Waals surface area contributed by atoms with Crippen molar-refractivity contribution in [2.24, 2.45) is 0 Å². The molecule has 2 nitrogen and oxygen atoms in total. The average molecular weight is 150 g/mol. The zero-order chi connectivity index (χ0) is 6.81. The van der Waals surface area contributed by atoms with E-state index in [1.54, 1.807) is 0 Å². The SMILES string of the molecule is c1cc[n+]2c(c1)CCO[Si]2. The fourth-order valence-electron chi connectivity index (χ4n) is 1.04. The number of pyridine rings is 1. The van der Waals surface area contributed by atoms with E-state index < -0.39 is 0 Å². The number of nitrogens with zero attached hydrogens (tertiary/aromatic N) is 1.